The van der Waals surface area contributed by atoms with Crippen molar-refractivity contribution in [2.75, 3.05) is 26.2 Å². The molecule has 0 aromatic heterocycles. The van der Waals surface area contributed by atoms with Gasteiger partial charge in [0.15, 0.2) is 0 Å². The van der Waals surface area contributed by atoms with Crippen LogP contribution in [0.15, 0.2) is 24.3 Å². The minimum Gasteiger partial charge on any atom is -0.338 e. The van der Waals surface area contributed by atoms with Crippen molar-refractivity contribution in [1.29, 1.82) is 0 Å². The van der Waals surface area contributed by atoms with Crippen LogP contribution < -0.4 is 10.6 Å². The van der Waals surface area contributed by atoms with Crippen molar-refractivity contribution < 1.29 is 18.0 Å². The fourth-order valence-electron chi connectivity index (χ4n) is 3.01. The van der Waals surface area contributed by atoms with Crippen LogP contribution in [0.4, 0.5) is 18.0 Å². The summed E-state index contributed by atoms with van der Waals surface area (Å²) in [6.45, 7) is 2.18. The van der Waals surface area contributed by atoms with Crippen molar-refractivity contribution >= 4 is 17.6 Å². The highest BCUT2D eigenvalue weighted by molar-refractivity contribution is 6.30. The molecule has 0 bridgehead atoms. The van der Waals surface area contributed by atoms with Gasteiger partial charge in [0.1, 0.15) is 0 Å². The summed E-state index contributed by atoms with van der Waals surface area (Å²) in [6, 6.07) is 7.06. The van der Waals surface area contributed by atoms with Crippen LogP contribution in [-0.4, -0.2) is 49.3 Å². The molecule has 1 fully saturated rings. The van der Waals surface area contributed by atoms with Crippen molar-refractivity contribution in [3.05, 3.63) is 34.9 Å². The van der Waals surface area contributed by atoms with Gasteiger partial charge >= 0.3 is 12.2 Å². The van der Waals surface area contributed by atoms with E-state index in [4.69, 9.17) is 11.6 Å². The lowest BCUT2D eigenvalue weighted by Gasteiger charge is -2.19. The van der Waals surface area contributed by atoms with Gasteiger partial charge in [-0.1, -0.05) is 23.7 Å². The topological polar surface area (TPSA) is 44.4 Å². The van der Waals surface area contributed by atoms with Gasteiger partial charge in [0.25, 0.3) is 0 Å². The van der Waals surface area contributed by atoms with Crippen LogP contribution in [0.25, 0.3) is 0 Å². The molecule has 2 unspecified atom stereocenters. The zero-order chi connectivity index (χ0) is 18.4. The second kappa shape index (κ2) is 8.76. The van der Waals surface area contributed by atoms with Crippen molar-refractivity contribution in [3.63, 3.8) is 0 Å². The zero-order valence-corrected chi connectivity index (χ0v) is 14.8. The predicted octanol–water partition coefficient (Wildman–Crippen LogP) is 3.45. The minimum absolute atomic E-state index is 0.0553. The molecule has 2 rings (SSSR count). The third kappa shape index (κ3) is 7.52. The zero-order valence-electron chi connectivity index (χ0n) is 14.1. The minimum atomic E-state index is -4.17. The fourth-order valence-corrected chi connectivity index (χ4v) is 3.14. The molecule has 2 N–H and O–H groups in total. The van der Waals surface area contributed by atoms with Gasteiger partial charge in [-0.3, -0.25) is 4.90 Å². The van der Waals surface area contributed by atoms with E-state index in [1.807, 2.05) is 19.1 Å². The fraction of sp³-hybridized carbons (Fsp3) is 0.588. The lowest BCUT2D eigenvalue weighted by Crippen LogP contribution is -2.43. The molecular formula is C17H23ClF3N3O. The first-order valence-electron chi connectivity index (χ1n) is 8.29. The summed E-state index contributed by atoms with van der Waals surface area (Å²) in [4.78, 5) is 13.3. The number of hydrogen-bond acceptors (Lipinski definition) is 2. The molecule has 1 aromatic carbocycles. The Hall–Kier alpha value is -1.47. The maximum absolute atomic E-state index is 12.4. The monoisotopic (exact) mass is 377 g/mol. The molecule has 0 radical (unpaired) electrons. The lowest BCUT2D eigenvalue weighted by molar-refractivity contribution is -0.143. The quantitative estimate of drug-likeness (QED) is 0.797. The van der Waals surface area contributed by atoms with Gasteiger partial charge in [-0.25, -0.2) is 4.79 Å². The summed E-state index contributed by atoms with van der Waals surface area (Å²) in [7, 11) is 0. The van der Waals surface area contributed by atoms with Crippen LogP contribution in [0, 0.1) is 5.92 Å². The van der Waals surface area contributed by atoms with Crippen molar-refractivity contribution in [2.24, 2.45) is 5.92 Å². The Bertz CT molecular complexity index is 565. The summed E-state index contributed by atoms with van der Waals surface area (Å²) in [5.74, 6) is 0.0553. The van der Waals surface area contributed by atoms with E-state index in [-0.39, 0.29) is 18.0 Å². The average Bonchev–Trinajstić information content (AvgIpc) is 2.93. The van der Waals surface area contributed by atoms with Crippen LogP contribution in [0.2, 0.25) is 5.02 Å². The van der Waals surface area contributed by atoms with Gasteiger partial charge in [-0.15, -0.1) is 0 Å². The molecule has 4 nitrogen and oxygen atoms in total. The van der Waals surface area contributed by atoms with Gasteiger partial charge in [0.2, 0.25) is 0 Å². The summed E-state index contributed by atoms with van der Waals surface area (Å²) in [5.41, 5.74) is 1.07. The molecule has 2 atom stereocenters. The number of carbonyl (C=O) groups is 1. The number of urea groups is 1. The Kier molecular flexibility index (Phi) is 6.95. The Balaban J connectivity index is 1.66. The van der Waals surface area contributed by atoms with Gasteiger partial charge in [0, 0.05) is 24.2 Å². The first-order valence-corrected chi connectivity index (χ1v) is 8.67. The van der Waals surface area contributed by atoms with Gasteiger partial charge < -0.3 is 10.6 Å². The van der Waals surface area contributed by atoms with E-state index in [1.165, 1.54) is 4.90 Å². The molecule has 1 aromatic rings. The van der Waals surface area contributed by atoms with Crippen molar-refractivity contribution in [2.45, 2.75) is 32.0 Å². The SMILES string of the molecule is CC(Cc1ccc(Cl)cc1)NC(=O)NCC1CCN(CC(F)(F)F)C1. The van der Waals surface area contributed by atoms with E-state index in [0.717, 1.165) is 5.56 Å². The Morgan fingerprint density at radius 3 is 2.68 bits per heavy atom. The number of hydrogen-bond donors (Lipinski definition) is 2. The maximum Gasteiger partial charge on any atom is 0.401 e. The van der Waals surface area contributed by atoms with Crippen LogP contribution in [0.5, 0.6) is 0 Å². The highest BCUT2D eigenvalue weighted by Crippen LogP contribution is 2.22. The Labute approximate surface area is 150 Å². The van der Waals surface area contributed by atoms with Crippen LogP contribution >= 0.6 is 11.6 Å². The number of benzene rings is 1. The highest BCUT2D eigenvalue weighted by atomic mass is 35.5. The Morgan fingerprint density at radius 1 is 1.36 bits per heavy atom. The largest absolute Gasteiger partial charge is 0.401 e. The number of alkyl halides is 3. The van der Waals surface area contributed by atoms with E-state index in [2.05, 4.69) is 10.6 Å². The molecule has 8 heteroatoms. The smallest absolute Gasteiger partial charge is 0.338 e. The van der Waals surface area contributed by atoms with E-state index >= 15 is 0 Å². The summed E-state index contributed by atoms with van der Waals surface area (Å²) >= 11 is 5.84. The van der Waals surface area contributed by atoms with Gasteiger partial charge in [-0.2, -0.15) is 13.2 Å². The van der Waals surface area contributed by atoms with E-state index < -0.39 is 12.7 Å². The molecule has 0 aliphatic carbocycles. The molecule has 0 saturated carbocycles. The molecule has 1 aliphatic heterocycles. The summed E-state index contributed by atoms with van der Waals surface area (Å²) in [6.07, 6.45) is -2.83. The molecule has 1 aliphatic rings. The number of halogens is 4. The maximum atomic E-state index is 12.4. The highest BCUT2D eigenvalue weighted by Gasteiger charge is 2.34. The summed E-state index contributed by atoms with van der Waals surface area (Å²) in [5, 5.41) is 6.26. The van der Waals surface area contributed by atoms with Crippen LogP contribution in [-0.2, 0) is 6.42 Å². The first-order chi connectivity index (χ1) is 11.7. The number of likely N-dealkylation sites (tertiary alicyclic amines) is 1. The van der Waals surface area contributed by atoms with E-state index in [9.17, 15) is 18.0 Å². The average molecular weight is 378 g/mol. The van der Waals surface area contributed by atoms with E-state index in [0.29, 0.717) is 37.5 Å². The molecule has 2 amide bonds. The molecule has 1 saturated heterocycles. The molecule has 140 valence electrons. The third-order valence-electron chi connectivity index (χ3n) is 4.16. The number of amides is 2. The van der Waals surface area contributed by atoms with Gasteiger partial charge in [-0.05, 0) is 49.9 Å². The number of nitrogens with one attached hydrogen (secondary N) is 2. The number of nitrogens with zero attached hydrogens (tertiary/aromatic N) is 1. The normalized spacial score (nSPS) is 19.6. The van der Waals surface area contributed by atoms with E-state index in [1.54, 1.807) is 12.1 Å². The number of carbonyl (C=O) groups excluding carboxylic acids is 1. The molecule has 1 heterocycles. The van der Waals surface area contributed by atoms with Crippen LogP contribution in [0.1, 0.15) is 18.9 Å². The molecular weight excluding hydrogens is 355 g/mol. The van der Waals surface area contributed by atoms with Gasteiger partial charge in [0.05, 0.1) is 6.54 Å². The van der Waals surface area contributed by atoms with Crippen molar-refractivity contribution in [1.82, 2.24) is 15.5 Å². The second-order valence-electron chi connectivity index (χ2n) is 6.59. The van der Waals surface area contributed by atoms with Crippen molar-refractivity contribution in [3.8, 4) is 0 Å². The Morgan fingerprint density at radius 2 is 2.04 bits per heavy atom. The predicted molar refractivity (Wildman–Crippen MR) is 91.8 cm³/mol. The molecule has 25 heavy (non-hydrogen) atoms. The third-order valence-corrected chi connectivity index (χ3v) is 4.41. The number of rotatable bonds is 6. The standard InChI is InChI=1S/C17H23ClF3N3O/c1-12(8-13-2-4-15(18)5-3-13)23-16(25)22-9-14-6-7-24(10-14)11-17(19,20)21/h2-5,12,14H,6-11H2,1H3,(H2,22,23,25). The first kappa shape index (κ1) is 19.8. The second-order valence-corrected chi connectivity index (χ2v) is 7.03. The van der Waals surface area contributed by atoms with Crippen LogP contribution in [0.3, 0.4) is 0 Å². The summed E-state index contributed by atoms with van der Waals surface area (Å²) < 4.78 is 37.1. The molecule has 0 spiro atoms. The lowest BCUT2D eigenvalue weighted by atomic mass is 10.1.